The van der Waals surface area contributed by atoms with Gasteiger partial charge in [-0.05, 0) is 18.2 Å². The third-order valence-corrected chi connectivity index (χ3v) is 2.23. The third kappa shape index (κ3) is 2.95. The molecular weight excluding hydrogens is 286 g/mol. The fourth-order valence-corrected chi connectivity index (χ4v) is 1.30. The van der Waals surface area contributed by atoms with Crippen molar-refractivity contribution in [3.63, 3.8) is 0 Å². The molecule has 12 heavy (non-hydrogen) atoms. The number of carbonyl (C=O) groups excluding carboxylic acids is 1. The Kier molecular flexibility index (Phi) is 3.75. The molecule has 2 nitrogen and oxygen atoms in total. The normalized spacial score (nSPS) is 9.50. The molecule has 1 amide bonds. The SMILES string of the molecule is O=C(CBr)Nc1cccc(Br)c1. The largest absolute Gasteiger partial charge is 0.325 e. The minimum absolute atomic E-state index is 0.0481. The lowest BCUT2D eigenvalue weighted by molar-refractivity contribution is -0.113. The van der Waals surface area contributed by atoms with Gasteiger partial charge in [0.15, 0.2) is 0 Å². The van der Waals surface area contributed by atoms with E-state index < -0.39 is 0 Å². The molecule has 0 atom stereocenters. The molecular formula is C8H7Br2NO. The van der Waals surface area contributed by atoms with Crippen LogP contribution in [0.3, 0.4) is 0 Å². The summed E-state index contributed by atoms with van der Waals surface area (Å²) in [6, 6.07) is 7.46. The van der Waals surface area contributed by atoms with E-state index in [1.54, 1.807) is 0 Å². The van der Waals surface area contributed by atoms with Gasteiger partial charge in [-0.25, -0.2) is 0 Å². The van der Waals surface area contributed by atoms with E-state index in [1.807, 2.05) is 24.3 Å². The Balaban J connectivity index is 2.69. The zero-order valence-electron chi connectivity index (χ0n) is 6.18. The Labute approximate surface area is 87.6 Å². The molecule has 0 saturated heterocycles. The van der Waals surface area contributed by atoms with Crippen LogP contribution >= 0.6 is 31.9 Å². The quantitative estimate of drug-likeness (QED) is 0.835. The molecule has 1 N–H and O–H groups in total. The molecule has 0 radical (unpaired) electrons. The number of nitrogens with one attached hydrogen (secondary N) is 1. The third-order valence-electron chi connectivity index (χ3n) is 1.23. The average Bonchev–Trinajstić information content (AvgIpc) is 2.04. The maximum atomic E-state index is 10.9. The first-order valence-electron chi connectivity index (χ1n) is 3.34. The minimum Gasteiger partial charge on any atom is -0.325 e. The second kappa shape index (κ2) is 4.62. The molecule has 0 heterocycles. The Morgan fingerprint density at radius 2 is 2.25 bits per heavy atom. The summed E-state index contributed by atoms with van der Waals surface area (Å²) in [5.74, 6) is -0.0481. The maximum absolute atomic E-state index is 10.9. The van der Waals surface area contributed by atoms with E-state index >= 15 is 0 Å². The highest BCUT2D eigenvalue weighted by Crippen LogP contribution is 2.15. The molecule has 0 saturated carbocycles. The summed E-state index contributed by atoms with van der Waals surface area (Å²) in [5.41, 5.74) is 0.800. The molecule has 0 aliphatic carbocycles. The van der Waals surface area contributed by atoms with Crippen LogP contribution < -0.4 is 5.32 Å². The highest BCUT2D eigenvalue weighted by atomic mass is 79.9. The van der Waals surface area contributed by atoms with Crippen molar-refractivity contribution in [3.05, 3.63) is 28.7 Å². The summed E-state index contributed by atoms with van der Waals surface area (Å²) in [5, 5.41) is 3.04. The topological polar surface area (TPSA) is 29.1 Å². The van der Waals surface area contributed by atoms with E-state index in [0.717, 1.165) is 10.2 Å². The molecule has 0 aliphatic rings. The second-order valence-corrected chi connectivity index (χ2v) is 3.67. The van der Waals surface area contributed by atoms with Gasteiger partial charge >= 0.3 is 0 Å². The van der Waals surface area contributed by atoms with Crippen LogP contribution in [-0.4, -0.2) is 11.2 Å². The van der Waals surface area contributed by atoms with Crippen molar-refractivity contribution < 1.29 is 4.79 Å². The zero-order valence-corrected chi connectivity index (χ0v) is 9.35. The Hall–Kier alpha value is -0.350. The monoisotopic (exact) mass is 291 g/mol. The van der Waals surface area contributed by atoms with E-state index in [0.29, 0.717) is 5.33 Å². The van der Waals surface area contributed by atoms with Crippen molar-refractivity contribution in [2.45, 2.75) is 0 Å². The number of hydrogen-bond acceptors (Lipinski definition) is 1. The van der Waals surface area contributed by atoms with Gasteiger partial charge in [0.05, 0.1) is 5.33 Å². The van der Waals surface area contributed by atoms with Gasteiger partial charge < -0.3 is 5.32 Å². The number of halogens is 2. The lowest BCUT2D eigenvalue weighted by Crippen LogP contribution is -2.11. The van der Waals surface area contributed by atoms with E-state index in [4.69, 9.17) is 0 Å². The second-order valence-electron chi connectivity index (χ2n) is 2.19. The Bertz CT molecular complexity index is 288. The predicted octanol–water partition coefficient (Wildman–Crippen LogP) is 2.78. The molecule has 0 fully saturated rings. The molecule has 0 aliphatic heterocycles. The van der Waals surface area contributed by atoms with Crippen molar-refractivity contribution in [3.8, 4) is 0 Å². The molecule has 1 rings (SSSR count). The number of anilines is 1. The smallest absolute Gasteiger partial charge is 0.235 e. The average molecular weight is 293 g/mol. The fourth-order valence-electron chi connectivity index (χ4n) is 0.761. The Morgan fingerprint density at radius 3 is 2.83 bits per heavy atom. The molecule has 0 bridgehead atoms. The molecule has 0 unspecified atom stereocenters. The summed E-state index contributed by atoms with van der Waals surface area (Å²) in [6.07, 6.45) is 0. The zero-order chi connectivity index (χ0) is 8.97. The fraction of sp³-hybridized carbons (Fsp3) is 0.125. The highest BCUT2D eigenvalue weighted by Gasteiger charge is 1.98. The minimum atomic E-state index is -0.0481. The van der Waals surface area contributed by atoms with Gasteiger partial charge in [0, 0.05) is 10.2 Å². The highest BCUT2D eigenvalue weighted by molar-refractivity contribution is 9.10. The lowest BCUT2D eigenvalue weighted by Gasteiger charge is -2.02. The molecule has 1 aromatic rings. The number of rotatable bonds is 2. The predicted molar refractivity (Wildman–Crippen MR) is 56.6 cm³/mol. The van der Waals surface area contributed by atoms with Gasteiger partial charge in [0.2, 0.25) is 5.91 Å². The molecule has 1 aromatic carbocycles. The van der Waals surface area contributed by atoms with Gasteiger partial charge in [-0.2, -0.15) is 0 Å². The number of alkyl halides is 1. The van der Waals surface area contributed by atoms with E-state index in [2.05, 4.69) is 37.2 Å². The first kappa shape index (κ1) is 9.74. The summed E-state index contributed by atoms with van der Waals surface area (Å²) in [6.45, 7) is 0. The van der Waals surface area contributed by atoms with Gasteiger partial charge in [0.1, 0.15) is 0 Å². The van der Waals surface area contributed by atoms with Crippen molar-refractivity contribution in [1.82, 2.24) is 0 Å². The van der Waals surface area contributed by atoms with Crippen LogP contribution in [-0.2, 0) is 4.79 Å². The van der Waals surface area contributed by atoms with Crippen molar-refractivity contribution in [1.29, 1.82) is 0 Å². The summed E-state index contributed by atoms with van der Waals surface area (Å²) in [7, 11) is 0. The van der Waals surface area contributed by atoms with Gasteiger partial charge in [0.25, 0.3) is 0 Å². The summed E-state index contributed by atoms with van der Waals surface area (Å²) < 4.78 is 0.954. The lowest BCUT2D eigenvalue weighted by atomic mass is 10.3. The van der Waals surface area contributed by atoms with Crippen LogP contribution in [0.25, 0.3) is 0 Å². The molecule has 0 spiro atoms. The van der Waals surface area contributed by atoms with Crippen LogP contribution in [0.1, 0.15) is 0 Å². The van der Waals surface area contributed by atoms with Gasteiger partial charge in [-0.3, -0.25) is 4.79 Å². The van der Waals surface area contributed by atoms with Crippen LogP contribution in [0.2, 0.25) is 0 Å². The summed E-state index contributed by atoms with van der Waals surface area (Å²) in [4.78, 5) is 10.9. The van der Waals surface area contributed by atoms with Crippen LogP contribution in [0, 0.1) is 0 Å². The number of carbonyl (C=O) groups is 1. The van der Waals surface area contributed by atoms with Crippen LogP contribution in [0.5, 0.6) is 0 Å². The first-order chi connectivity index (χ1) is 5.72. The van der Waals surface area contributed by atoms with Crippen molar-refractivity contribution in [2.24, 2.45) is 0 Å². The van der Waals surface area contributed by atoms with Crippen LogP contribution in [0.15, 0.2) is 28.7 Å². The maximum Gasteiger partial charge on any atom is 0.235 e. The van der Waals surface area contributed by atoms with E-state index in [9.17, 15) is 4.79 Å². The Morgan fingerprint density at radius 1 is 1.50 bits per heavy atom. The molecule has 64 valence electrons. The van der Waals surface area contributed by atoms with Gasteiger partial charge in [-0.1, -0.05) is 37.9 Å². The van der Waals surface area contributed by atoms with E-state index in [-0.39, 0.29) is 5.91 Å². The summed E-state index contributed by atoms with van der Waals surface area (Å²) >= 11 is 6.38. The number of amides is 1. The standard InChI is InChI=1S/C8H7Br2NO/c9-5-8(12)11-7-3-1-2-6(10)4-7/h1-4H,5H2,(H,11,12). The van der Waals surface area contributed by atoms with Crippen molar-refractivity contribution in [2.75, 3.05) is 10.6 Å². The molecule has 4 heteroatoms. The molecule has 0 aromatic heterocycles. The number of hydrogen-bond donors (Lipinski definition) is 1. The van der Waals surface area contributed by atoms with Crippen molar-refractivity contribution >= 4 is 43.5 Å². The van der Waals surface area contributed by atoms with Gasteiger partial charge in [-0.15, -0.1) is 0 Å². The van der Waals surface area contributed by atoms with E-state index in [1.165, 1.54) is 0 Å². The van der Waals surface area contributed by atoms with Crippen LogP contribution in [0.4, 0.5) is 5.69 Å². The first-order valence-corrected chi connectivity index (χ1v) is 5.25. The number of benzene rings is 1.